The molecule has 3 heterocycles. The highest BCUT2D eigenvalue weighted by atomic mass is 16.2. The van der Waals surface area contributed by atoms with Crippen LogP contribution in [0.15, 0.2) is 12.3 Å². The molecule has 2 aromatic rings. The topological polar surface area (TPSA) is 89.7 Å². The summed E-state index contributed by atoms with van der Waals surface area (Å²) < 4.78 is 3.97. The Morgan fingerprint density at radius 3 is 2.76 bits per heavy atom. The predicted octanol–water partition coefficient (Wildman–Crippen LogP) is 2.07. The molecule has 0 spiro atoms. The minimum absolute atomic E-state index is 0.0462. The Kier molecular flexibility index (Phi) is 5.17. The molecule has 2 aromatic heterocycles. The number of anilines is 1. The van der Waals surface area contributed by atoms with Gasteiger partial charge in [0, 0.05) is 25.1 Å². The van der Waals surface area contributed by atoms with E-state index >= 15 is 0 Å². The quantitative estimate of drug-likeness (QED) is 0.836. The third-order valence-corrected chi connectivity index (χ3v) is 4.58. The van der Waals surface area contributed by atoms with E-state index < -0.39 is 0 Å². The van der Waals surface area contributed by atoms with Gasteiger partial charge in [-0.05, 0) is 40.5 Å². The van der Waals surface area contributed by atoms with Crippen molar-refractivity contribution in [2.75, 3.05) is 5.32 Å². The summed E-state index contributed by atoms with van der Waals surface area (Å²) in [7, 11) is 0. The van der Waals surface area contributed by atoms with Crippen LogP contribution in [0.4, 0.5) is 5.82 Å². The second-order valence-electron chi connectivity index (χ2n) is 6.94. The van der Waals surface area contributed by atoms with E-state index in [9.17, 15) is 4.79 Å². The highest BCUT2D eigenvalue weighted by Gasteiger charge is 2.23. The number of hydrogen-bond donors (Lipinski definition) is 2. The van der Waals surface area contributed by atoms with Crippen molar-refractivity contribution in [3.8, 4) is 0 Å². The molecule has 2 atom stereocenters. The Labute approximate surface area is 148 Å². The fourth-order valence-corrected chi connectivity index (χ4v) is 3.24. The average Bonchev–Trinajstić information content (AvgIpc) is 3.21. The lowest BCUT2D eigenvalue weighted by Crippen LogP contribution is -2.40. The molecule has 3 rings (SSSR count). The molecule has 0 aromatic carbocycles. The Bertz CT molecular complexity index is 733. The van der Waals surface area contributed by atoms with Gasteiger partial charge in [0.15, 0.2) is 0 Å². The van der Waals surface area contributed by atoms with Gasteiger partial charge in [-0.25, -0.2) is 4.68 Å². The Morgan fingerprint density at radius 1 is 1.20 bits per heavy atom. The summed E-state index contributed by atoms with van der Waals surface area (Å²) in [5.41, 5.74) is 0. The minimum atomic E-state index is -0.359. The monoisotopic (exact) mass is 345 g/mol. The number of amides is 1. The predicted molar refractivity (Wildman–Crippen MR) is 95.2 cm³/mol. The number of aryl methyl sites for hydroxylation is 1. The molecular weight excluding hydrogens is 318 g/mol. The molecule has 1 amide bonds. The van der Waals surface area contributed by atoms with Gasteiger partial charge in [0.1, 0.15) is 17.5 Å². The standard InChI is InChI=1S/C17H27N7O/c1-11(2)24-14(8-9-18-24)20-17(25)13(4)19-12(3)16-22-21-15-7-5-6-10-23(15)16/h8-9,11-13,19H,5-7,10H2,1-4H3,(H,20,25)/t12-,13-/m1/s1. The van der Waals surface area contributed by atoms with Gasteiger partial charge in [-0.15, -0.1) is 10.2 Å². The van der Waals surface area contributed by atoms with Crippen LogP contribution in [0.2, 0.25) is 0 Å². The molecule has 0 fully saturated rings. The summed E-state index contributed by atoms with van der Waals surface area (Å²) in [5.74, 6) is 2.57. The van der Waals surface area contributed by atoms with E-state index in [2.05, 4.69) is 30.5 Å². The molecule has 1 aliphatic rings. The number of nitrogens with zero attached hydrogens (tertiary/aromatic N) is 5. The molecular formula is C17H27N7O. The Balaban J connectivity index is 1.63. The van der Waals surface area contributed by atoms with E-state index in [1.165, 1.54) is 6.42 Å². The van der Waals surface area contributed by atoms with Gasteiger partial charge in [0.25, 0.3) is 0 Å². The first-order valence-electron chi connectivity index (χ1n) is 8.99. The van der Waals surface area contributed by atoms with E-state index in [0.717, 1.165) is 31.0 Å². The number of carbonyl (C=O) groups excluding carboxylic acids is 1. The normalized spacial score (nSPS) is 16.5. The minimum Gasteiger partial charge on any atom is -0.314 e. The maximum Gasteiger partial charge on any atom is 0.242 e. The molecule has 0 radical (unpaired) electrons. The third-order valence-electron chi connectivity index (χ3n) is 4.58. The molecule has 0 saturated carbocycles. The highest BCUT2D eigenvalue weighted by Crippen LogP contribution is 2.19. The summed E-state index contributed by atoms with van der Waals surface area (Å²) in [5, 5.41) is 19.1. The number of nitrogens with one attached hydrogen (secondary N) is 2. The van der Waals surface area contributed by atoms with E-state index in [0.29, 0.717) is 5.82 Å². The molecule has 0 saturated heterocycles. The van der Waals surface area contributed by atoms with Crippen LogP contribution in [0.5, 0.6) is 0 Å². The molecule has 25 heavy (non-hydrogen) atoms. The van der Waals surface area contributed by atoms with Gasteiger partial charge in [-0.3, -0.25) is 10.1 Å². The fraction of sp³-hybridized carbons (Fsp3) is 0.647. The molecule has 0 unspecified atom stereocenters. The second-order valence-corrected chi connectivity index (χ2v) is 6.94. The number of fused-ring (bicyclic) bond motifs is 1. The van der Waals surface area contributed by atoms with E-state index in [1.54, 1.807) is 10.9 Å². The molecule has 0 bridgehead atoms. The van der Waals surface area contributed by atoms with Gasteiger partial charge in [-0.1, -0.05) is 0 Å². The van der Waals surface area contributed by atoms with Gasteiger partial charge in [0.05, 0.1) is 18.3 Å². The van der Waals surface area contributed by atoms with Crippen LogP contribution in [-0.2, 0) is 17.8 Å². The van der Waals surface area contributed by atoms with Crippen molar-refractivity contribution in [2.45, 2.75) is 71.6 Å². The number of aromatic nitrogens is 5. The maximum absolute atomic E-state index is 12.5. The van der Waals surface area contributed by atoms with Crippen molar-refractivity contribution >= 4 is 11.7 Å². The second kappa shape index (κ2) is 7.35. The van der Waals surface area contributed by atoms with Gasteiger partial charge >= 0.3 is 0 Å². The zero-order chi connectivity index (χ0) is 18.0. The lowest BCUT2D eigenvalue weighted by Gasteiger charge is -2.22. The van der Waals surface area contributed by atoms with Crippen molar-refractivity contribution in [1.29, 1.82) is 0 Å². The summed E-state index contributed by atoms with van der Waals surface area (Å²) in [6.07, 6.45) is 5.00. The summed E-state index contributed by atoms with van der Waals surface area (Å²) in [6, 6.07) is 1.59. The largest absolute Gasteiger partial charge is 0.314 e. The van der Waals surface area contributed by atoms with Crippen LogP contribution >= 0.6 is 0 Å². The van der Waals surface area contributed by atoms with E-state index in [4.69, 9.17) is 0 Å². The maximum atomic E-state index is 12.5. The molecule has 8 nitrogen and oxygen atoms in total. The smallest absolute Gasteiger partial charge is 0.242 e. The zero-order valence-corrected chi connectivity index (χ0v) is 15.4. The third kappa shape index (κ3) is 3.73. The van der Waals surface area contributed by atoms with Gasteiger partial charge in [-0.2, -0.15) is 5.10 Å². The van der Waals surface area contributed by atoms with Crippen LogP contribution in [-0.4, -0.2) is 36.5 Å². The van der Waals surface area contributed by atoms with Gasteiger partial charge in [0.2, 0.25) is 5.91 Å². The fourth-order valence-electron chi connectivity index (χ4n) is 3.24. The first kappa shape index (κ1) is 17.6. The Morgan fingerprint density at radius 2 is 2.00 bits per heavy atom. The van der Waals surface area contributed by atoms with Gasteiger partial charge < -0.3 is 9.88 Å². The first-order valence-corrected chi connectivity index (χ1v) is 8.99. The van der Waals surface area contributed by atoms with Crippen LogP contribution in [0.3, 0.4) is 0 Å². The van der Waals surface area contributed by atoms with Crippen molar-refractivity contribution in [3.63, 3.8) is 0 Å². The first-order chi connectivity index (χ1) is 12.0. The number of carbonyl (C=O) groups is 1. The molecule has 8 heteroatoms. The number of rotatable bonds is 6. The summed E-state index contributed by atoms with van der Waals surface area (Å²) in [4.78, 5) is 12.5. The van der Waals surface area contributed by atoms with Crippen LogP contribution < -0.4 is 10.6 Å². The van der Waals surface area contributed by atoms with E-state index in [-0.39, 0.29) is 24.0 Å². The average molecular weight is 345 g/mol. The van der Waals surface area contributed by atoms with Crippen molar-refractivity contribution in [1.82, 2.24) is 29.9 Å². The van der Waals surface area contributed by atoms with E-state index in [1.807, 2.05) is 33.8 Å². The van der Waals surface area contributed by atoms with Crippen LogP contribution in [0, 0.1) is 0 Å². The molecule has 2 N–H and O–H groups in total. The molecule has 0 aliphatic carbocycles. The summed E-state index contributed by atoms with van der Waals surface area (Å²) >= 11 is 0. The lowest BCUT2D eigenvalue weighted by atomic mass is 10.1. The van der Waals surface area contributed by atoms with Crippen molar-refractivity contribution < 1.29 is 4.79 Å². The molecule has 1 aliphatic heterocycles. The summed E-state index contributed by atoms with van der Waals surface area (Å²) in [6.45, 7) is 8.89. The highest BCUT2D eigenvalue weighted by molar-refractivity contribution is 5.93. The Hall–Kier alpha value is -2.22. The lowest BCUT2D eigenvalue weighted by molar-refractivity contribution is -0.118. The SMILES string of the molecule is CC(C)n1nccc1NC(=O)[C@@H](C)N[C@H](C)c1nnc2n1CCCC2. The number of hydrogen-bond acceptors (Lipinski definition) is 5. The molecule has 136 valence electrons. The van der Waals surface area contributed by atoms with Crippen molar-refractivity contribution in [3.05, 3.63) is 23.9 Å². The van der Waals surface area contributed by atoms with Crippen LogP contribution in [0.1, 0.15) is 64.3 Å². The zero-order valence-electron chi connectivity index (χ0n) is 15.4. The van der Waals surface area contributed by atoms with Crippen molar-refractivity contribution in [2.24, 2.45) is 0 Å². The van der Waals surface area contributed by atoms with Crippen LogP contribution in [0.25, 0.3) is 0 Å².